The van der Waals surface area contributed by atoms with Gasteiger partial charge in [-0.1, -0.05) is 30.9 Å². The lowest BCUT2D eigenvalue weighted by Gasteiger charge is -1.98. The molecule has 2 nitrogen and oxygen atoms in total. The highest BCUT2D eigenvalue weighted by Crippen LogP contribution is 2.09. The maximum absolute atomic E-state index is 11.3. The van der Waals surface area contributed by atoms with Crippen molar-refractivity contribution in [3.05, 3.63) is 43.0 Å². The van der Waals surface area contributed by atoms with Crippen LogP contribution in [0.15, 0.2) is 41.3 Å². The highest BCUT2D eigenvalue weighted by Gasteiger charge is 2.09. The summed E-state index contributed by atoms with van der Waals surface area (Å²) in [6.45, 7) is 5.05. The van der Waals surface area contributed by atoms with E-state index in [2.05, 4.69) is 0 Å². The molecule has 0 atom stereocenters. The van der Waals surface area contributed by atoms with Gasteiger partial charge < -0.3 is 0 Å². The molecule has 3 heteroatoms. The standard InChI is InChI=1S/C9H9O2S/c1-2-8-12(10,11)9-6-4-3-5-7-9/h1-7H,8H2. The number of hydrogen-bond acceptors (Lipinski definition) is 2. The molecule has 1 radical (unpaired) electrons. The Morgan fingerprint density at radius 2 is 1.83 bits per heavy atom. The molecule has 0 saturated heterocycles. The fourth-order valence-electron chi connectivity index (χ4n) is 0.851. The van der Waals surface area contributed by atoms with Crippen molar-refractivity contribution >= 4 is 9.84 Å². The van der Waals surface area contributed by atoms with Gasteiger partial charge in [-0.15, -0.1) is 0 Å². The molecule has 0 aromatic heterocycles. The smallest absolute Gasteiger partial charge is 0.181 e. The molecular formula is C9H9O2S. The maximum Gasteiger partial charge on any atom is 0.181 e. The second-order valence-corrected chi connectivity index (χ2v) is 4.36. The first-order valence-electron chi connectivity index (χ1n) is 3.48. The molecule has 0 fully saturated rings. The maximum atomic E-state index is 11.3. The van der Waals surface area contributed by atoms with Gasteiger partial charge in [-0.25, -0.2) is 8.42 Å². The molecule has 0 aliphatic heterocycles. The summed E-state index contributed by atoms with van der Waals surface area (Å²) in [5.74, 6) is -0.114. The molecule has 0 N–H and O–H groups in total. The average Bonchev–Trinajstić information content (AvgIpc) is 2.06. The molecule has 1 rings (SSSR count). The first-order chi connectivity index (χ1) is 5.67. The topological polar surface area (TPSA) is 34.1 Å². The lowest BCUT2D eigenvalue weighted by Crippen LogP contribution is -2.03. The van der Waals surface area contributed by atoms with E-state index in [1.807, 2.05) is 0 Å². The number of sulfone groups is 1. The molecule has 0 amide bonds. The van der Waals surface area contributed by atoms with Gasteiger partial charge in [0, 0.05) is 0 Å². The van der Waals surface area contributed by atoms with E-state index in [9.17, 15) is 8.42 Å². The quantitative estimate of drug-likeness (QED) is 0.707. The first kappa shape index (κ1) is 9.00. The molecule has 0 spiro atoms. The Hall–Kier alpha value is -1.09. The average molecular weight is 181 g/mol. The Morgan fingerprint density at radius 1 is 1.25 bits per heavy atom. The van der Waals surface area contributed by atoms with Gasteiger partial charge in [-0.05, 0) is 12.1 Å². The van der Waals surface area contributed by atoms with E-state index < -0.39 is 9.84 Å². The number of hydrogen-bond donors (Lipinski definition) is 0. The van der Waals surface area contributed by atoms with Gasteiger partial charge in [-0.2, -0.15) is 0 Å². The zero-order chi connectivity index (χ0) is 9.03. The minimum absolute atomic E-state index is 0.114. The molecule has 1 aromatic rings. The van der Waals surface area contributed by atoms with E-state index in [4.69, 9.17) is 6.58 Å². The predicted octanol–water partition coefficient (Wildman–Crippen LogP) is 1.45. The summed E-state index contributed by atoms with van der Waals surface area (Å²) in [4.78, 5) is 0.312. The van der Waals surface area contributed by atoms with E-state index in [0.717, 1.165) is 6.08 Å². The van der Waals surface area contributed by atoms with Crippen LogP contribution in [0.5, 0.6) is 0 Å². The van der Waals surface area contributed by atoms with Gasteiger partial charge in [0.1, 0.15) is 0 Å². The van der Waals surface area contributed by atoms with Crippen LogP contribution in [0.2, 0.25) is 0 Å². The first-order valence-corrected chi connectivity index (χ1v) is 5.13. The Labute approximate surface area is 72.5 Å². The van der Waals surface area contributed by atoms with Gasteiger partial charge in [-0.3, -0.25) is 0 Å². The number of rotatable bonds is 3. The van der Waals surface area contributed by atoms with E-state index >= 15 is 0 Å². The minimum atomic E-state index is -3.19. The van der Waals surface area contributed by atoms with Crippen molar-refractivity contribution in [3.8, 4) is 0 Å². The fourth-order valence-corrected chi connectivity index (χ4v) is 1.87. The third kappa shape index (κ3) is 1.95. The molecule has 12 heavy (non-hydrogen) atoms. The minimum Gasteiger partial charge on any atom is -0.223 e. The van der Waals surface area contributed by atoms with Crippen LogP contribution in [-0.2, 0) is 9.84 Å². The third-order valence-electron chi connectivity index (χ3n) is 1.42. The molecular weight excluding hydrogens is 172 g/mol. The molecule has 63 valence electrons. The largest absolute Gasteiger partial charge is 0.223 e. The fraction of sp³-hybridized carbons (Fsp3) is 0.111. The van der Waals surface area contributed by atoms with E-state index in [-0.39, 0.29) is 5.75 Å². The summed E-state index contributed by atoms with van der Waals surface area (Å²) < 4.78 is 22.6. The van der Waals surface area contributed by atoms with Crippen molar-refractivity contribution in [2.24, 2.45) is 0 Å². The highest BCUT2D eigenvalue weighted by molar-refractivity contribution is 7.91. The molecule has 0 aliphatic carbocycles. The van der Waals surface area contributed by atoms with E-state index in [0.29, 0.717) is 4.90 Å². The zero-order valence-corrected chi connectivity index (χ0v) is 7.29. The van der Waals surface area contributed by atoms with E-state index in [1.54, 1.807) is 30.3 Å². The lowest BCUT2D eigenvalue weighted by molar-refractivity contribution is 0.599. The SMILES string of the molecule is [CH]=CCS(=O)(=O)c1ccccc1. The zero-order valence-electron chi connectivity index (χ0n) is 6.47. The van der Waals surface area contributed by atoms with Crippen LogP contribution in [0.1, 0.15) is 0 Å². The Kier molecular flexibility index (Phi) is 2.65. The number of benzene rings is 1. The summed E-state index contributed by atoms with van der Waals surface area (Å²) in [6, 6.07) is 8.25. The summed E-state index contributed by atoms with van der Waals surface area (Å²) in [7, 11) is -3.19. The summed E-state index contributed by atoms with van der Waals surface area (Å²) in [5, 5.41) is 0. The normalized spacial score (nSPS) is 11.0. The van der Waals surface area contributed by atoms with Crippen LogP contribution in [0, 0.1) is 6.58 Å². The Bertz CT molecular complexity index is 351. The molecule has 1 aromatic carbocycles. The second-order valence-electron chi connectivity index (χ2n) is 2.33. The Morgan fingerprint density at radius 3 is 2.33 bits per heavy atom. The van der Waals surface area contributed by atoms with Gasteiger partial charge >= 0.3 is 0 Å². The van der Waals surface area contributed by atoms with Crippen LogP contribution in [0.3, 0.4) is 0 Å². The van der Waals surface area contributed by atoms with Crippen LogP contribution in [0.25, 0.3) is 0 Å². The monoisotopic (exact) mass is 181 g/mol. The van der Waals surface area contributed by atoms with Crippen molar-refractivity contribution < 1.29 is 8.42 Å². The van der Waals surface area contributed by atoms with Crippen molar-refractivity contribution in [1.29, 1.82) is 0 Å². The van der Waals surface area contributed by atoms with Crippen LogP contribution in [-0.4, -0.2) is 14.2 Å². The lowest BCUT2D eigenvalue weighted by atomic mass is 10.4. The van der Waals surface area contributed by atoms with Crippen LogP contribution in [0.4, 0.5) is 0 Å². The van der Waals surface area contributed by atoms with Crippen molar-refractivity contribution in [1.82, 2.24) is 0 Å². The third-order valence-corrected chi connectivity index (χ3v) is 3.04. The molecule has 0 unspecified atom stereocenters. The van der Waals surface area contributed by atoms with E-state index in [1.165, 1.54) is 0 Å². The predicted molar refractivity (Wildman–Crippen MR) is 47.4 cm³/mol. The Balaban J connectivity index is 3.07. The molecule has 0 bridgehead atoms. The van der Waals surface area contributed by atoms with Gasteiger partial charge in [0.2, 0.25) is 0 Å². The van der Waals surface area contributed by atoms with Crippen molar-refractivity contribution in [2.45, 2.75) is 4.90 Å². The van der Waals surface area contributed by atoms with Crippen LogP contribution >= 0.6 is 0 Å². The van der Waals surface area contributed by atoms with Crippen molar-refractivity contribution in [3.63, 3.8) is 0 Å². The van der Waals surface area contributed by atoms with Gasteiger partial charge in [0.25, 0.3) is 0 Å². The van der Waals surface area contributed by atoms with Crippen molar-refractivity contribution in [2.75, 3.05) is 5.75 Å². The molecule has 0 aliphatic rings. The summed E-state index contributed by atoms with van der Waals surface area (Å²) >= 11 is 0. The van der Waals surface area contributed by atoms with Crippen LogP contribution < -0.4 is 0 Å². The van der Waals surface area contributed by atoms with Gasteiger partial charge in [0.15, 0.2) is 9.84 Å². The summed E-state index contributed by atoms with van der Waals surface area (Å²) in [5.41, 5.74) is 0. The summed E-state index contributed by atoms with van der Waals surface area (Å²) in [6.07, 6.45) is 1.14. The molecule has 0 heterocycles. The second kappa shape index (κ2) is 3.54. The molecule has 0 saturated carbocycles. The highest BCUT2D eigenvalue weighted by atomic mass is 32.2. The van der Waals surface area contributed by atoms with Gasteiger partial charge in [0.05, 0.1) is 10.6 Å².